The second kappa shape index (κ2) is 5.00. The topological polar surface area (TPSA) is 83.8 Å². The second-order valence-corrected chi connectivity index (χ2v) is 4.17. The van der Waals surface area contributed by atoms with Crippen molar-refractivity contribution in [1.29, 1.82) is 0 Å². The average molecular weight is 268 g/mol. The maximum atomic E-state index is 11.7. The zero-order valence-corrected chi connectivity index (χ0v) is 10.6. The molecule has 20 heavy (non-hydrogen) atoms. The Kier molecular flexibility index (Phi) is 3.04. The first-order valence-electron chi connectivity index (χ1n) is 6.09. The van der Waals surface area contributed by atoms with Gasteiger partial charge in [0.15, 0.2) is 0 Å². The van der Waals surface area contributed by atoms with Crippen LogP contribution in [0.4, 0.5) is 0 Å². The van der Waals surface area contributed by atoms with Gasteiger partial charge in [-0.3, -0.25) is 4.79 Å². The van der Waals surface area contributed by atoms with Crippen LogP contribution in [-0.4, -0.2) is 27.6 Å². The zero-order valence-electron chi connectivity index (χ0n) is 10.6. The van der Waals surface area contributed by atoms with Crippen LogP contribution in [0.5, 0.6) is 0 Å². The molecule has 0 unspecified atom stereocenters. The van der Waals surface area contributed by atoms with Crippen LogP contribution < -0.4 is 5.32 Å². The Balaban J connectivity index is 1.95. The molecule has 1 aromatic carbocycles. The SMILES string of the molecule is C=CCNC(=O)c1nc(-c2cccc3[nH]ccc23)no1. The third kappa shape index (κ3) is 2.07. The molecule has 0 radical (unpaired) electrons. The smallest absolute Gasteiger partial charge is 0.316 e. The van der Waals surface area contributed by atoms with Crippen LogP contribution in [0.25, 0.3) is 22.3 Å². The van der Waals surface area contributed by atoms with Crippen LogP contribution >= 0.6 is 0 Å². The minimum absolute atomic E-state index is 0.0608. The Labute approximate surface area is 114 Å². The van der Waals surface area contributed by atoms with E-state index in [2.05, 4.69) is 27.0 Å². The molecule has 0 aliphatic heterocycles. The minimum Gasteiger partial charge on any atom is -0.361 e. The van der Waals surface area contributed by atoms with Gasteiger partial charge in [0, 0.05) is 29.2 Å². The molecule has 6 heteroatoms. The number of fused-ring (bicyclic) bond motifs is 1. The van der Waals surface area contributed by atoms with Crippen LogP contribution in [0.3, 0.4) is 0 Å². The van der Waals surface area contributed by atoms with E-state index in [9.17, 15) is 4.79 Å². The molecule has 100 valence electrons. The van der Waals surface area contributed by atoms with Crippen molar-refractivity contribution in [3.05, 3.63) is 49.0 Å². The number of nitrogens with zero attached hydrogens (tertiary/aromatic N) is 2. The van der Waals surface area contributed by atoms with Gasteiger partial charge in [-0.1, -0.05) is 23.4 Å². The van der Waals surface area contributed by atoms with Crippen molar-refractivity contribution >= 4 is 16.8 Å². The molecular weight excluding hydrogens is 256 g/mol. The average Bonchev–Trinajstić information content (AvgIpc) is 3.12. The Hall–Kier alpha value is -2.89. The standard InChI is InChI=1S/C14H12N4O2/c1-2-7-16-13(19)14-17-12(18-20-14)10-4-3-5-11-9(10)6-8-15-11/h2-6,8,15H,1,7H2,(H,16,19). The lowest BCUT2D eigenvalue weighted by Crippen LogP contribution is -2.23. The van der Waals surface area contributed by atoms with E-state index in [4.69, 9.17) is 4.52 Å². The van der Waals surface area contributed by atoms with Gasteiger partial charge in [-0.05, 0) is 12.1 Å². The summed E-state index contributed by atoms with van der Waals surface area (Å²) in [5, 5.41) is 7.42. The molecule has 2 heterocycles. The van der Waals surface area contributed by atoms with Gasteiger partial charge in [-0.25, -0.2) is 0 Å². The van der Waals surface area contributed by atoms with Crippen LogP contribution in [0.15, 0.2) is 47.6 Å². The van der Waals surface area contributed by atoms with Crippen LogP contribution in [-0.2, 0) is 0 Å². The molecule has 2 N–H and O–H groups in total. The van der Waals surface area contributed by atoms with Crippen LogP contribution in [0.1, 0.15) is 10.7 Å². The molecular formula is C14H12N4O2. The normalized spacial score (nSPS) is 10.6. The molecule has 0 saturated carbocycles. The largest absolute Gasteiger partial charge is 0.361 e. The number of aromatic nitrogens is 3. The van der Waals surface area contributed by atoms with Crippen LogP contribution in [0.2, 0.25) is 0 Å². The number of benzene rings is 1. The Morgan fingerprint density at radius 2 is 2.35 bits per heavy atom. The van der Waals surface area contributed by atoms with Crippen molar-refractivity contribution in [2.75, 3.05) is 6.54 Å². The van der Waals surface area contributed by atoms with Crippen molar-refractivity contribution in [3.8, 4) is 11.4 Å². The fraction of sp³-hybridized carbons (Fsp3) is 0.0714. The molecule has 0 aliphatic carbocycles. The Morgan fingerprint density at radius 1 is 1.45 bits per heavy atom. The lowest BCUT2D eigenvalue weighted by atomic mass is 10.1. The molecule has 0 saturated heterocycles. The second-order valence-electron chi connectivity index (χ2n) is 4.17. The fourth-order valence-electron chi connectivity index (χ4n) is 1.95. The highest BCUT2D eigenvalue weighted by Crippen LogP contribution is 2.25. The molecule has 3 aromatic rings. The number of amides is 1. The highest BCUT2D eigenvalue weighted by atomic mass is 16.5. The number of aromatic amines is 1. The number of hydrogen-bond donors (Lipinski definition) is 2. The number of carbonyl (C=O) groups excluding carboxylic acids is 1. The van der Waals surface area contributed by atoms with E-state index >= 15 is 0 Å². The predicted octanol–water partition coefficient (Wildman–Crippen LogP) is 2.13. The quantitative estimate of drug-likeness (QED) is 0.710. The van der Waals surface area contributed by atoms with Gasteiger partial charge in [0.1, 0.15) is 0 Å². The van der Waals surface area contributed by atoms with Gasteiger partial charge >= 0.3 is 11.8 Å². The van der Waals surface area contributed by atoms with E-state index < -0.39 is 5.91 Å². The van der Waals surface area contributed by atoms with E-state index in [-0.39, 0.29) is 5.89 Å². The summed E-state index contributed by atoms with van der Waals surface area (Å²) in [7, 11) is 0. The van der Waals surface area contributed by atoms with Crippen molar-refractivity contribution in [1.82, 2.24) is 20.4 Å². The predicted molar refractivity (Wildman–Crippen MR) is 74.1 cm³/mol. The van der Waals surface area contributed by atoms with E-state index in [0.717, 1.165) is 16.5 Å². The van der Waals surface area contributed by atoms with Crippen molar-refractivity contribution in [3.63, 3.8) is 0 Å². The molecule has 2 aromatic heterocycles. The van der Waals surface area contributed by atoms with Gasteiger partial charge < -0.3 is 14.8 Å². The summed E-state index contributed by atoms with van der Waals surface area (Å²) in [5.41, 5.74) is 1.79. The highest BCUT2D eigenvalue weighted by Gasteiger charge is 2.16. The molecule has 0 aliphatic rings. The summed E-state index contributed by atoms with van der Waals surface area (Å²) in [6.07, 6.45) is 3.42. The first kappa shape index (κ1) is 12.2. The number of H-pyrrole nitrogens is 1. The van der Waals surface area contributed by atoms with Gasteiger partial charge in [-0.2, -0.15) is 4.98 Å². The molecule has 0 atom stereocenters. The fourth-order valence-corrected chi connectivity index (χ4v) is 1.95. The molecule has 6 nitrogen and oxygen atoms in total. The monoisotopic (exact) mass is 268 g/mol. The van der Waals surface area contributed by atoms with E-state index in [1.165, 1.54) is 0 Å². The summed E-state index contributed by atoms with van der Waals surface area (Å²) in [5.74, 6) is -0.0850. The third-order valence-corrected chi connectivity index (χ3v) is 2.86. The maximum absolute atomic E-state index is 11.7. The van der Waals surface area contributed by atoms with Gasteiger partial charge in [0.05, 0.1) is 0 Å². The lowest BCUT2D eigenvalue weighted by Gasteiger charge is -1.97. The van der Waals surface area contributed by atoms with Crippen molar-refractivity contribution < 1.29 is 9.32 Å². The summed E-state index contributed by atoms with van der Waals surface area (Å²) in [6.45, 7) is 3.87. The summed E-state index contributed by atoms with van der Waals surface area (Å²) in [6, 6.07) is 7.66. The maximum Gasteiger partial charge on any atom is 0.316 e. The molecule has 1 amide bonds. The number of carbonyl (C=O) groups is 1. The summed E-state index contributed by atoms with van der Waals surface area (Å²) >= 11 is 0. The van der Waals surface area contributed by atoms with Gasteiger partial charge in [-0.15, -0.1) is 6.58 Å². The zero-order chi connectivity index (χ0) is 13.9. The van der Waals surface area contributed by atoms with E-state index in [1.54, 1.807) is 6.08 Å². The minimum atomic E-state index is -0.412. The highest BCUT2D eigenvalue weighted by molar-refractivity contribution is 5.94. The van der Waals surface area contributed by atoms with Gasteiger partial charge in [0.2, 0.25) is 5.82 Å². The van der Waals surface area contributed by atoms with Gasteiger partial charge in [0.25, 0.3) is 0 Å². The molecule has 0 fully saturated rings. The third-order valence-electron chi connectivity index (χ3n) is 2.86. The first-order chi connectivity index (χ1) is 9.79. The summed E-state index contributed by atoms with van der Waals surface area (Å²) in [4.78, 5) is 18.9. The Bertz CT molecular complexity index is 772. The summed E-state index contributed by atoms with van der Waals surface area (Å²) < 4.78 is 4.99. The van der Waals surface area contributed by atoms with E-state index in [1.807, 2.05) is 30.5 Å². The number of hydrogen-bond acceptors (Lipinski definition) is 4. The van der Waals surface area contributed by atoms with Crippen molar-refractivity contribution in [2.45, 2.75) is 0 Å². The number of rotatable bonds is 4. The molecule has 0 spiro atoms. The van der Waals surface area contributed by atoms with Crippen LogP contribution in [0, 0.1) is 0 Å². The molecule has 3 rings (SSSR count). The van der Waals surface area contributed by atoms with E-state index in [0.29, 0.717) is 12.4 Å². The first-order valence-corrected chi connectivity index (χ1v) is 6.09. The van der Waals surface area contributed by atoms with Crippen molar-refractivity contribution in [2.24, 2.45) is 0 Å². The Morgan fingerprint density at radius 3 is 3.20 bits per heavy atom. The molecule has 0 bridgehead atoms. The number of nitrogens with one attached hydrogen (secondary N) is 2. The lowest BCUT2D eigenvalue weighted by molar-refractivity contribution is 0.0914.